The number of amidine groups is 1. The zero-order valence-electron chi connectivity index (χ0n) is 11.8. The summed E-state index contributed by atoms with van der Waals surface area (Å²) in [6.45, 7) is 5.74. The van der Waals surface area contributed by atoms with E-state index in [2.05, 4.69) is 69.7 Å². The molecule has 0 saturated carbocycles. The Morgan fingerprint density at radius 2 is 2.15 bits per heavy atom. The van der Waals surface area contributed by atoms with Crippen LogP contribution >= 0.6 is 0 Å². The number of nitrogens with one attached hydrogen (secondary N) is 2. The van der Waals surface area contributed by atoms with Crippen LogP contribution < -0.4 is 10.6 Å². The van der Waals surface area contributed by atoms with Crippen LogP contribution in [0, 0.1) is 0 Å². The zero-order chi connectivity index (χ0) is 13.8. The van der Waals surface area contributed by atoms with Crippen molar-refractivity contribution in [3.63, 3.8) is 0 Å². The molecule has 0 saturated heterocycles. The van der Waals surface area contributed by atoms with Crippen LogP contribution in [0.4, 0.5) is 5.69 Å². The molecule has 1 aliphatic rings. The van der Waals surface area contributed by atoms with E-state index in [1.165, 1.54) is 11.3 Å². The number of para-hydroxylation sites is 1. The van der Waals surface area contributed by atoms with Gasteiger partial charge in [-0.3, -0.25) is 4.99 Å². The minimum atomic E-state index is 0.754. The monoisotopic (exact) mass is 268 g/mol. The molecule has 0 bridgehead atoms. The van der Waals surface area contributed by atoms with Crippen molar-refractivity contribution in [2.24, 2.45) is 4.99 Å². The highest BCUT2D eigenvalue weighted by atomic mass is 15.1. The highest BCUT2D eigenvalue weighted by Gasteiger charge is 2.09. The molecule has 0 amide bonds. The number of anilines is 1. The average molecular weight is 268 g/mol. The van der Waals surface area contributed by atoms with Crippen LogP contribution in [0.3, 0.4) is 0 Å². The Hall–Kier alpha value is -2.23. The first-order chi connectivity index (χ1) is 9.88. The fraction of sp³-hybridized carbons (Fsp3) is 0.312. The predicted molar refractivity (Wildman–Crippen MR) is 84.3 cm³/mol. The Labute approximate surface area is 119 Å². The molecule has 104 valence electrons. The highest BCUT2D eigenvalue weighted by Crippen LogP contribution is 2.28. The summed E-state index contributed by atoms with van der Waals surface area (Å²) in [7, 11) is 0. The molecular formula is C16H20N4. The second-order valence-corrected chi connectivity index (χ2v) is 4.83. The lowest BCUT2D eigenvalue weighted by molar-refractivity contribution is 0.777. The van der Waals surface area contributed by atoms with Gasteiger partial charge < -0.3 is 15.2 Å². The minimum Gasteiger partial charge on any atom is -0.377 e. The molecule has 1 aliphatic heterocycles. The van der Waals surface area contributed by atoms with Gasteiger partial charge in [0, 0.05) is 30.5 Å². The van der Waals surface area contributed by atoms with Crippen LogP contribution in [0.15, 0.2) is 47.6 Å². The molecule has 1 aromatic heterocycles. The molecule has 0 radical (unpaired) electrons. The average Bonchev–Trinajstić information content (AvgIpc) is 3.16. The maximum absolute atomic E-state index is 4.41. The molecule has 20 heavy (non-hydrogen) atoms. The molecule has 2 heterocycles. The van der Waals surface area contributed by atoms with Crippen LogP contribution in [-0.4, -0.2) is 30.0 Å². The van der Waals surface area contributed by atoms with Gasteiger partial charge in [0.05, 0.1) is 18.8 Å². The Morgan fingerprint density at radius 3 is 2.95 bits per heavy atom. The number of benzene rings is 1. The predicted octanol–water partition coefficient (Wildman–Crippen LogP) is 2.59. The summed E-state index contributed by atoms with van der Waals surface area (Å²) < 4.78 is 2.26. The largest absolute Gasteiger partial charge is 0.377 e. The summed E-state index contributed by atoms with van der Waals surface area (Å²) in [5.74, 6) is 1.05. The third-order valence-corrected chi connectivity index (χ3v) is 3.56. The third kappa shape index (κ3) is 2.54. The lowest BCUT2D eigenvalue weighted by Gasteiger charge is -2.14. The van der Waals surface area contributed by atoms with Crippen molar-refractivity contribution in [3.8, 4) is 11.3 Å². The van der Waals surface area contributed by atoms with Gasteiger partial charge in [-0.15, -0.1) is 0 Å². The summed E-state index contributed by atoms with van der Waals surface area (Å²) >= 11 is 0. The van der Waals surface area contributed by atoms with Crippen molar-refractivity contribution in [3.05, 3.63) is 42.6 Å². The number of nitrogens with zero attached hydrogens (tertiary/aromatic N) is 2. The second kappa shape index (κ2) is 5.82. The summed E-state index contributed by atoms with van der Waals surface area (Å²) in [6.07, 6.45) is 2.12. The molecule has 0 unspecified atom stereocenters. The van der Waals surface area contributed by atoms with Crippen LogP contribution in [0.5, 0.6) is 0 Å². The normalized spacial score (nSPS) is 13.9. The lowest BCUT2D eigenvalue weighted by atomic mass is 10.1. The fourth-order valence-corrected chi connectivity index (χ4v) is 2.54. The van der Waals surface area contributed by atoms with Crippen LogP contribution in [-0.2, 0) is 6.54 Å². The third-order valence-electron chi connectivity index (χ3n) is 3.56. The molecule has 1 aromatic carbocycles. The molecule has 4 nitrogen and oxygen atoms in total. The molecule has 2 N–H and O–H groups in total. The highest BCUT2D eigenvalue weighted by molar-refractivity contribution is 5.89. The maximum Gasteiger partial charge on any atom is 0.116 e. The first kappa shape index (κ1) is 12.8. The molecule has 0 fully saturated rings. The fourth-order valence-electron chi connectivity index (χ4n) is 2.54. The first-order valence-electron chi connectivity index (χ1n) is 7.14. The molecule has 0 atom stereocenters. The number of aromatic nitrogens is 1. The van der Waals surface area contributed by atoms with Crippen molar-refractivity contribution in [1.82, 2.24) is 9.88 Å². The number of rotatable bonds is 5. The Balaban J connectivity index is 1.84. The van der Waals surface area contributed by atoms with E-state index in [9.17, 15) is 0 Å². The van der Waals surface area contributed by atoms with Gasteiger partial charge in [-0.1, -0.05) is 18.2 Å². The van der Waals surface area contributed by atoms with Crippen molar-refractivity contribution in [1.29, 1.82) is 0 Å². The van der Waals surface area contributed by atoms with Gasteiger partial charge in [0.1, 0.15) is 5.84 Å². The maximum atomic E-state index is 4.41. The smallest absolute Gasteiger partial charge is 0.116 e. The van der Waals surface area contributed by atoms with Crippen molar-refractivity contribution >= 4 is 11.5 Å². The van der Waals surface area contributed by atoms with Gasteiger partial charge in [-0.25, -0.2) is 0 Å². The SMILES string of the molecule is CCn1cccc1-c1ccccc1NCC1=NCCN1. The Bertz CT molecular complexity index is 612. The number of hydrogen-bond acceptors (Lipinski definition) is 3. The van der Waals surface area contributed by atoms with Crippen molar-refractivity contribution < 1.29 is 0 Å². The van der Waals surface area contributed by atoms with E-state index in [-0.39, 0.29) is 0 Å². The quantitative estimate of drug-likeness (QED) is 0.875. The molecule has 2 aromatic rings. The topological polar surface area (TPSA) is 41.4 Å². The van der Waals surface area contributed by atoms with Gasteiger partial charge in [-0.2, -0.15) is 0 Å². The zero-order valence-corrected chi connectivity index (χ0v) is 11.8. The van der Waals surface area contributed by atoms with E-state index in [1.807, 2.05) is 0 Å². The van der Waals surface area contributed by atoms with Crippen LogP contribution in [0.25, 0.3) is 11.3 Å². The summed E-state index contributed by atoms with van der Waals surface area (Å²) in [6, 6.07) is 12.7. The van der Waals surface area contributed by atoms with E-state index in [0.29, 0.717) is 0 Å². The van der Waals surface area contributed by atoms with E-state index in [4.69, 9.17) is 0 Å². The van der Waals surface area contributed by atoms with E-state index in [0.717, 1.165) is 37.7 Å². The van der Waals surface area contributed by atoms with Crippen LogP contribution in [0.1, 0.15) is 6.92 Å². The molecule has 4 heteroatoms. The summed E-state index contributed by atoms with van der Waals surface area (Å²) in [5.41, 5.74) is 3.63. The summed E-state index contributed by atoms with van der Waals surface area (Å²) in [5, 5.41) is 6.77. The van der Waals surface area contributed by atoms with Crippen molar-refractivity contribution in [2.45, 2.75) is 13.5 Å². The molecular weight excluding hydrogens is 248 g/mol. The molecule has 0 aliphatic carbocycles. The van der Waals surface area contributed by atoms with Gasteiger partial charge in [0.2, 0.25) is 0 Å². The molecule has 0 spiro atoms. The molecule has 3 rings (SSSR count). The van der Waals surface area contributed by atoms with E-state index >= 15 is 0 Å². The van der Waals surface area contributed by atoms with Gasteiger partial charge in [0.25, 0.3) is 0 Å². The Kier molecular flexibility index (Phi) is 3.72. The van der Waals surface area contributed by atoms with Gasteiger partial charge >= 0.3 is 0 Å². The number of aliphatic imine (C=N–C) groups is 1. The van der Waals surface area contributed by atoms with E-state index < -0.39 is 0 Å². The van der Waals surface area contributed by atoms with Gasteiger partial charge in [0.15, 0.2) is 0 Å². The van der Waals surface area contributed by atoms with Gasteiger partial charge in [-0.05, 0) is 25.1 Å². The lowest BCUT2D eigenvalue weighted by Crippen LogP contribution is -2.26. The number of aryl methyl sites for hydroxylation is 1. The van der Waals surface area contributed by atoms with Crippen LogP contribution in [0.2, 0.25) is 0 Å². The number of hydrogen-bond donors (Lipinski definition) is 2. The van der Waals surface area contributed by atoms with Crippen molar-refractivity contribution in [2.75, 3.05) is 25.0 Å². The standard InChI is InChI=1S/C16H20N4/c1-2-20-11-5-8-15(20)13-6-3-4-7-14(13)19-12-16-17-9-10-18-16/h3-8,11,19H,2,9-10,12H2,1H3,(H,17,18). The summed E-state index contributed by atoms with van der Waals surface area (Å²) in [4.78, 5) is 4.41. The van der Waals surface area contributed by atoms with E-state index in [1.54, 1.807) is 0 Å². The first-order valence-corrected chi connectivity index (χ1v) is 7.14. The Morgan fingerprint density at radius 1 is 1.25 bits per heavy atom. The minimum absolute atomic E-state index is 0.754. The second-order valence-electron chi connectivity index (χ2n) is 4.83.